The second-order valence-electron chi connectivity index (χ2n) is 5.85. The van der Waals surface area contributed by atoms with E-state index in [4.69, 9.17) is 5.73 Å². The maximum absolute atomic E-state index is 12.3. The van der Waals surface area contributed by atoms with Crippen molar-refractivity contribution in [2.24, 2.45) is 11.7 Å². The number of likely N-dealkylation sites (tertiary alicyclic amines) is 1. The summed E-state index contributed by atoms with van der Waals surface area (Å²) in [7, 11) is -3.37. The van der Waals surface area contributed by atoms with E-state index in [-0.39, 0.29) is 0 Å². The van der Waals surface area contributed by atoms with Crippen molar-refractivity contribution in [3.05, 3.63) is 17.0 Å². The third kappa shape index (κ3) is 4.50. The quantitative estimate of drug-likeness (QED) is 0.789. The molecule has 1 fully saturated rings. The van der Waals surface area contributed by atoms with Crippen LogP contribution in [0.2, 0.25) is 0 Å². The fourth-order valence-electron chi connectivity index (χ4n) is 2.58. The van der Waals surface area contributed by atoms with Gasteiger partial charge >= 0.3 is 0 Å². The van der Waals surface area contributed by atoms with Gasteiger partial charge < -0.3 is 10.6 Å². The summed E-state index contributed by atoms with van der Waals surface area (Å²) in [6.07, 6.45) is 1.79. The minimum absolute atomic E-state index is 0.393. The smallest absolute Gasteiger partial charge is 0.250 e. The molecule has 2 rings (SSSR count). The van der Waals surface area contributed by atoms with Gasteiger partial charge in [0.2, 0.25) is 10.0 Å². The third-order valence-corrected chi connectivity index (χ3v) is 6.96. The molecule has 7 heteroatoms. The minimum atomic E-state index is -3.37. The summed E-state index contributed by atoms with van der Waals surface area (Å²) < 4.78 is 27.7. The molecule has 2 heterocycles. The zero-order valence-corrected chi connectivity index (χ0v) is 14.3. The van der Waals surface area contributed by atoms with E-state index in [1.54, 1.807) is 6.07 Å². The molecule has 0 saturated carbocycles. The molecular formula is C14H25N3O2S2. The Morgan fingerprint density at radius 1 is 1.48 bits per heavy atom. The first-order chi connectivity index (χ1) is 9.92. The maximum Gasteiger partial charge on any atom is 0.250 e. The van der Waals surface area contributed by atoms with E-state index < -0.39 is 10.0 Å². The number of hydrogen-bond donors (Lipinski definition) is 2. The number of nitrogens with two attached hydrogens (primary N) is 1. The highest BCUT2D eigenvalue weighted by Crippen LogP contribution is 2.23. The molecule has 1 aliphatic rings. The second kappa shape index (κ2) is 7.19. The molecule has 0 amide bonds. The largest absolute Gasteiger partial charge is 0.330 e. The molecule has 0 spiro atoms. The molecule has 1 unspecified atom stereocenters. The first-order valence-electron chi connectivity index (χ1n) is 7.45. The van der Waals surface area contributed by atoms with Crippen molar-refractivity contribution < 1.29 is 8.42 Å². The highest BCUT2D eigenvalue weighted by Gasteiger charge is 2.26. The maximum atomic E-state index is 12.3. The van der Waals surface area contributed by atoms with E-state index in [2.05, 4.69) is 23.5 Å². The van der Waals surface area contributed by atoms with E-state index in [0.717, 1.165) is 30.8 Å². The zero-order valence-electron chi connectivity index (χ0n) is 12.7. The standard InChI is InChI=1S/C14H25N3O2S2/c1-11(2)17-8-6-12(10-17)9-16-21(18,19)14-4-3-13(20-14)5-7-15/h3-4,11-12,16H,5-10,15H2,1-2H3. The molecule has 0 radical (unpaired) electrons. The zero-order chi connectivity index (χ0) is 15.5. The van der Waals surface area contributed by atoms with Gasteiger partial charge in [-0.25, -0.2) is 13.1 Å². The lowest BCUT2D eigenvalue weighted by Crippen LogP contribution is -2.32. The van der Waals surface area contributed by atoms with E-state index in [1.807, 2.05) is 6.07 Å². The van der Waals surface area contributed by atoms with Gasteiger partial charge in [0.05, 0.1) is 0 Å². The fourth-order valence-corrected chi connectivity index (χ4v) is 5.11. The molecule has 1 saturated heterocycles. The molecular weight excluding hydrogens is 306 g/mol. The molecule has 1 atom stereocenters. The van der Waals surface area contributed by atoms with Gasteiger partial charge in [-0.3, -0.25) is 0 Å². The lowest BCUT2D eigenvalue weighted by atomic mass is 10.1. The van der Waals surface area contributed by atoms with Crippen molar-refractivity contribution in [3.63, 3.8) is 0 Å². The van der Waals surface area contributed by atoms with Crippen LogP contribution < -0.4 is 10.5 Å². The average Bonchev–Trinajstić information content (AvgIpc) is 3.06. The van der Waals surface area contributed by atoms with Crippen molar-refractivity contribution in [3.8, 4) is 0 Å². The lowest BCUT2D eigenvalue weighted by Gasteiger charge is -2.20. The van der Waals surface area contributed by atoms with Gasteiger partial charge in [-0.05, 0) is 57.8 Å². The average molecular weight is 332 g/mol. The van der Waals surface area contributed by atoms with E-state index in [0.29, 0.717) is 29.3 Å². The molecule has 1 aliphatic heterocycles. The summed E-state index contributed by atoms with van der Waals surface area (Å²) in [6, 6.07) is 4.05. The lowest BCUT2D eigenvalue weighted by molar-refractivity contribution is 0.265. The molecule has 1 aromatic rings. The van der Waals surface area contributed by atoms with Gasteiger partial charge in [0, 0.05) is 24.0 Å². The van der Waals surface area contributed by atoms with Crippen molar-refractivity contribution >= 4 is 21.4 Å². The van der Waals surface area contributed by atoms with Gasteiger partial charge in [0.25, 0.3) is 0 Å². The van der Waals surface area contributed by atoms with E-state index >= 15 is 0 Å². The Bertz CT molecular complexity index is 554. The fraction of sp³-hybridized carbons (Fsp3) is 0.714. The van der Waals surface area contributed by atoms with Gasteiger partial charge in [-0.2, -0.15) is 0 Å². The molecule has 0 bridgehead atoms. The van der Waals surface area contributed by atoms with Crippen LogP contribution in [0.15, 0.2) is 16.3 Å². The molecule has 21 heavy (non-hydrogen) atoms. The van der Waals surface area contributed by atoms with Crippen LogP contribution in [0.1, 0.15) is 25.1 Å². The Labute approximate surface area is 131 Å². The second-order valence-corrected chi connectivity index (χ2v) is 9.02. The predicted molar refractivity (Wildman–Crippen MR) is 87.1 cm³/mol. The number of thiophene rings is 1. The normalized spacial score (nSPS) is 20.5. The summed E-state index contributed by atoms with van der Waals surface area (Å²) >= 11 is 1.31. The van der Waals surface area contributed by atoms with Crippen LogP contribution in [0.25, 0.3) is 0 Å². The van der Waals surface area contributed by atoms with Crippen LogP contribution in [0.3, 0.4) is 0 Å². The molecule has 3 N–H and O–H groups in total. The Morgan fingerprint density at radius 3 is 2.86 bits per heavy atom. The van der Waals surface area contributed by atoms with Crippen molar-refractivity contribution in [1.82, 2.24) is 9.62 Å². The molecule has 1 aromatic heterocycles. The predicted octanol–water partition coefficient (Wildman–Crippen LogP) is 1.26. The Morgan fingerprint density at radius 2 is 2.24 bits per heavy atom. The van der Waals surface area contributed by atoms with Crippen LogP contribution >= 0.6 is 11.3 Å². The molecule has 0 aliphatic carbocycles. The summed E-state index contributed by atoms with van der Waals surface area (Å²) in [5.74, 6) is 0.408. The number of hydrogen-bond acceptors (Lipinski definition) is 5. The first-order valence-corrected chi connectivity index (χ1v) is 9.75. The van der Waals surface area contributed by atoms with Gasteiger partial charge in [0.15, 0.2) is 0 Å². The SMILES string of the molecule is CC(C)N1CCC(CNS(=O)(=O)c2ccc(CCN)s2)C1. The Hall–Kier alpha value is -0.470. The summed E-state index contributed by atoms with van der Waals surface area (Å²) in [6.45, 7) is 7.46. The van der Waals surface area contributed by atoms with Crippen LogP contribution in [-0.2, 0) is 16.4 Å². The highest BCUT2D eigenvalue weighted by atomic mass is 32.2. The summed E-state index contributed by atoms with van der Waals surface area (Å²) in [5.41, 5.74) is 5.49. The third-order valence-electron chi connectivity index (χ3n) is 3.90. The van der Waals surface area contributed by atoms with Crippen molar-refractivity contribution in [2.75, 3.05) is 26.2 Å². The van der Waals surface area contributed by atoms with Crippen LogP contribution in [0, 0.1) is 5.92 Å². The van der Waals surface area contributed by atoms with Crippen molar-refractivity contribution in [1.29, 1.82) is 0 Å². The highest BCUT2D eigenvalue weighted by molar-refractivity contribution is 7.91. The van der Waals surface area contributed by atoms with Gasteiger partial charge in [-0.1, -0.05) is 0 Å². The number of nitrogens with one attached hydrogen (secondary N) is 1. The number of rotatable bonds is 7. The number of sulfonamides is 1. The first kappa shape index (κ1) is 16.9. The Kier molecular flexibility index (Phi) is 5.79. The van der Waals surface area contributed by atoms with Gasteiger partial charge in [-0.15, -0.1) is 11.3 Å². The molecule has 5 nitrogen and oxygen atoms in total. The van der Waals surface area contributed by atoms with E-state index in [9.17, 15) is 8.42 Å². The molecule has 120 valence electrons. The monoisotopic (exact) mass is 331 g/mol. The summed E-state index contributed by atoms with van der Waals surface area (Å²) in [5, 5.41) is 0. The number of nitrogens with zero attached hydrogens (tertiary/aromatic N) is 1. The van der Waals surface area contributed by atoms with Crippen LogP contribution in [-0.4, -0.2) is 45.5 Å². The van der Waals surface area contributed by atoms with Crippen molar-refractivity contribution in [2.45, 2.75) is 36.9 Å². The minimum Gasteiger partial charge on any atom is -0.330 e. The topological polar surface area (TPSA) is 75.4 Å². The molecule has 0 aromatic carbocycles. The van der Waals surface area contributed by atoms with E-state index in [1.165, 1.54) is 11.3 Å². The van der Waals surface area contributed by atoms with Crippen LogP contribution in [0.4, 0.5) is 0 Å². The van der Waals surface area contributed by atoms with Gasteiger partial charge in [0.1, 0.15) is 4.21 Å². The Balaban J connectivity index is 1.89. The van der Waals surface area contributed by atoms with Crippen LogP contribution in [0.5, 0.6) is 0 Å². The summed E-state index contributed by atoms with van der Waals surface area (Å²) in [4.78, 5) is 3.41.